The highest BCUT2D eigenvalue weighted by Crippen LogP contribution is 2.35. The van der Waals surface area contributed by atoms with Gasteiger partial charge in [-0.2, -0.15) is 16.8 Å². The van der Waals surface area contributed by atoms with Crippen LogP contribution in [0, 0.1) is 0 Å². The van der Waals surface area contributed by atoms with Crippen molar-refractivity contribution >= 4 is 37.3 Å². The van der Waals surface area contributed by atoms with Crippen molar-refractivity contribution in [1.29, 1.82) is 0 Å². The number of nitrogens with zero attached hydrogens (tertiary/aromatic N) is 3. The summed E-state index contributed by atoms with van der Waals surface area (Å²) in [6.45, 7) is 6.80. The van der Waals surface area contributed by atoms with Gasteiger partial charge >= 0.3 is 0 Å². The Balaban J connectivity index is 1.41. The normalized spacial score (nSPS) is 11.8. The molecule has 5 aromatic carbocycles. The first-order chi connectivity index (χ1) is 23.8. The van der Waals surface area contributed by atoms with Crippen LogP contribution in [0.2, 0.25) is 0 Å². The molecule has 0 unspecified atom stereocenters. The highest BCUT2D eigenvalue weighted by Gasteiger charge is 2.19. The van der Waals surface area contributed by atoms with Crippen molar-refractivity contribution in [2.45, 2.75) is 42.6 Å². The van der Waals surface area contributed by atoms with Crippen molar-refractivity contribution in [3.05, 3.63) is 149 Å². The van der Waals surface area contributed by atoms with Crippen molar-refractivity contribution in [1.82, 2.24) is 0 Å². The average Bonchev–Trinajstić information content (AvgIpc) is 3.10. The summed E-state index contributed by atoms with van der Waals surface area (Å²) in [5.41, 5.74) is 8.49. The summed E-state index contributed by atoms with van der Waals surface area (Å²) in [5.74, 6) is -0.0274. The van der Waals surface area contributed by atoms with E-state index in [0.29, 0.717) is 13.1 Å². The molecule has 5 aromatic rings. The zero-order chi connectivity index (χ0) is 36.1. The fourth-order valence-electron chi connectivity index (χ4n) is 6.04. The van der Waals surface area contributed by atoms with Gasteiger partial charge in [0.05, 0.1) is 9.79 Å². The Morgan fingerprint density at radius 2 is 0.780 bits per heavy atom. The third-order valence-electron chi connectivity index (χ3n) is 8.88. The SMILES string of the molecule is CCN(Cc1ccc(S(=O)(=O)O)cc1)c1ccc(C(c2ccc(N(C)C)cc2)c2ccc(N(CC)Cc3ccc(S(=O)(=O)O)cc3)cc2)cc1. The molecule has 0 spiro atoms. The summed E-state index contributed by atoms with van der Waals surface area (Å²) >= 11 is 0. The van der Waals surface area contributed by atoms with Gasteiger partial charge < -0.3 is 14.7 Å². The predicted octanol–water partition coefficient (Wildman–Crippen LogP) is 7.48. The van der Waals surface area contributed by atoms with Crippen molar-refractivity contribution in [2.75, 3.05) is 41.9 Å². The molecule has 0 aliphatic heterocycles. The third-order valence-corrected chi connectivity index (χ3v) is 10.6. The van der Waals surface area contributed by atoms with Gasteiger partial charge in [-0.05, 0) is 102 Å². The molecule has 262 valence electrons. The molecule has 0 fully saturated rings. The summed E-state index contributed by atoms with van der Waals surface area (Å²) in [4.78, 5) is 6.24. The Kier molecular flexibility index (Phi) is 11.3. The van der Waals surface area contributed by atoms with Gasteiger partial charge in [0.2, 0.25) is 0 Å². The van der Waals surface area contributed by atoms with Gasteiger partial charge in [-0.3, -0.25) is 9.11 Å². The van der Waals surface area contributed by atoms with E-state index >= 15 is 0 Å². The van der Waals surface area contributed by atoms with Crippen LogP contribution in [0.15, 0.2) is 131 Å². The van der Waals surface area contributed by atoms with E-state index in [0.717, 1.165) is 58.0 Å². The van der Waals surface area contributed by atoms with E-state index in [1.165, 1.54) is 24.3 Å². The smallest absolute Gasteiger partial charge is 0.294 e. The minimum absolute atomic E-state index is 0.0274. The first-order valence-corrected chi connectivity index (χ1v) is 19.2. The lowest BCUT2D eigenvalue weighted by atomic mass is 9.85. The van der Waals surface area contributed by atoms with Crippen LogP contribution in [0.5, 0.6) is 0 Å². The van der Waals surface area contributed by atoms with E-state index in [1.54, 1.807) is 24.3 Å². The summed E-state index contributed by atoms with van der Waals surface area (Å²) in [6.07, 6.45) is 0. The minimum atomic E-state index is -4.24. The molecule has 50 heavy (non-hydrogen) atoms. The molecule has 0 aliphatic rings. The first kappa shape index (κ1) is 36.6. The Bertz CT molecular complexity index is 1960. The lowest BCUT2D eigenvalue weighted by Gasteiger charge is -2.26. The van der Waals surface area contributed by atoms with E-state index in [4.69, 9.17) is 0 Å². The highest BCUT2D eigenvalue weighted by molar-refractivity contribution is 7.86. The van der Waals surface area contributed by atoms with Gasteiger partial charge in [-0.1, -0.05) is 60.7 Å². The molecule has 2 N–H and O–H groups in total. The Morgan fingerprint density at radius 3 is 1.04 bits per heavy atom. The molecule has 0 radical (unpaired) electrons. The lowest BCUT2D eigenvalue weighted by molar-refractivity contribution is 0.481. The molecule has 11 heteroatoms. The summed E-state index contributed by atoms with van der Waals surface area (Å²) in [5, 5.41) is 0. The second-order valence-corrected chi connectivity index (χ2v) is 15.2. The second-order valence-electron chi connectivity index (χ2n) is 12.4. The fraction of sp³-hybridized carbons (Fsp3) is 0.231. The number of hydrogen-bond acceptors (Lipinski definition) is 7. The Morgan fingerprint density at radius 1 is 0.480 bits per heavy atom. The molecular weight excluding hydrogens is 671 g/mol. The molecule has 0 amide bonds. The van der Waals surface area contributed by atoms with E-state index in [1.807, 2.05) is 14.1 Å². The van der Waals surface area contributed by atoms with Crippen LogP contribution in [0.4, 0.5) is 17.1 Å². The van der Waals surface area contributed by atoms with Gasteiger partial charge in [0.15, 0.2) is 0 Å². The maximum Gasteiger partial charge on any atom is 0.294 e. The molecule has 0 saturated heterocycles. The Labute approximate surface area is 295 Å². The van der Waals surface area contributed by atoms with Gasteiger partial charge in [-0.15, -0.1) is 0 Å². The monoisotopic (exact) mass is 713 g/mol. The molecule has 0 atom stereocenters. The van der Waals surface area contributed by atoms with Gasteiger partial charge in [0.25, 0.3) is 20.2 Å². The zero-order valence-corrected chi connectivity index (χ0v) is 30.3. The standard InChI is InChI=1S/C39H43N3O6S2/c1-5-41(27-29-7-23-37(24-8-29)49(43,44)45)35-19-13-32(14-20-35)39(31-11-17-34(18-12-31)40(3)4)33-15-21-36(22-16-33)42(6-2)28-30-9-25-38(26-10-30)50(46,47)48/h7-26,39H,5-6,27-28H2,1-4H3,(H,43,44,45)(H,46,47,48). The summed E-state index contributed by atoms with van der Waals surface area (Å²) in [6, 6.07) is 38.3. The molecule has 0 aliphatic carbocycles. The quantitative estimate of drug-likeness (QED) is 0.0892. The molecule has 5 rings (SSSR count). The van der Waals surface area contributed by atoms with Gasteiger partial charge in [0.1, 0.15) is 0 Å². The minimum Gasteiger partial charge on any atom is -0.378 e. The molecule has 9 nitrogen and oxygen atoms in total. The fourth-order valence-corrected chi connectivity index (χ4v) is 7.00. The Hall–Kier alpha value is -4.68. The van der Waals surface area contributed by atoms with E-state index < -0.39 is 20.2 Å². The maximum absolute atomic E-state index is 11.5. The number of anilines is 3. The van der Waals surface area contributed by atoms with Crippen LogP contribution >= 0.6 is 0 Å². The predicted molar refractivity (Wildman–Crippen MR) is 201 cm³/mol. The number of benzene rings is 5. The van der Waals surface area contributed by atoms with Crippen LogP contribution in [0.3, 0.4) is 0 Å². The van der Waals surface area contributed by atoms with Crippen molar-refractivity contribution in [2.24, 2.45) is 0 Å². The van der Waals surface area contributed by atoms with Gasteiger partial charge in [-0.25, -0.2) is 0 Å². The van der Waals surface area contributed by atoms with Crippen molar-refractivity contribution < 1.29 is 25.9 Å². The number of hydrogen-bond donors (Lipinski definition) is 2. The van der Waals surface area contributed by atoms with E-state index in [-0.39, 0.29) is 15.7 Å². The van der Waals surface area contributed by atoms with Crippen LogP contribution in [0.1, 0.15) is 47.6 Å². The number of rotatable bonds is 14. The largest absolute Gasteiger partial charge is 0.378 e. The summed E-state index contributed by atoms with van der Waals surface area (Å²) < 4.78 is 64.5. The van der Waals surface area contributed by atoms with Gasteiger partial charge in [0, 0.05) is 63.3 Å². The van der Waals surface area contributed by atoms with E-state index in [2.05, 4.69) is 101 Å². The molecule has 0 bridgehead atoms. The van der Waals surface area contributed by atoms with Crippen molar-refractivity contribution in [3.63, 3.8) is 0 Å². The van der Waals surface area contributed by atoms with Crippen molar-refractivity contribution in [3.8, 4) is 0 Å². The van der Waals surface area contributed by atoms with Crippen LogP contribution in [0.25, 0.3) is 0 Å². The second kappa shape index (κ2) is 15.5. The molecular formula is C39H43N3O6S2. The van der Waals surface area contributed by atoms with Crippen LogP contribution in [-0.2, 0) is 33.3 Å². The molecule has 0 aromatic heterocycles. The third kappa shape index (κ3) is 8.91. The van der Waals surface area contributed by atoms with Crippen LogP contribution in [-0.4, -0.2) is 53.1 Å². The first-order valence-electron chi connectivity index (χ1n) is 16.4. The highest BCUT2D eigenvalue weighted by atomic mass is 32.2. The lowest BCUT2D eigenvalue weighted by Crippen LogP contribution is -2.22. The van der Waals surface area contributed by atoms with Crippen LogP contribution < -0.4 is 14.7 Å². The molecule has 0 saturated carbocycles. The topological polar surface area (TPSA) is 118 Å². The molecule has 0 heterocycles. The maximum atomic E-state index is 11.5. The zero-order valence-electron chi connectivity index (χ0n) is 28.6. The van der Waals surface area contributed by atoms with E-state index in [9.17, 15) is 25.9 Å². The average molecular weight is 714 g/mol. The summed E-state index contributed by atoms with van der Waals surface area (Å²) in [7, 11) is -4.44.